The molecule has 0 radical (unpaired) electrons. The fourth-order valence-electron chi connectivity index (χ4n) is 4.42. The monoisotopic (exact) mass is 511 g/mol. The van der Waals surface area contributed by atoms with E-state index >= 15 is 0 Å². The highest BCUT2D eigenvalue weighted by atomic mass is 35.5. The second-order valence-corrected chi connectivity index (χ2v) is 10.0. The number of fused-ring (bicyclic) bond motifs is 2. The molecule has 0 unspecified atom stereocenters. The number of nitrogens with zero attached hydrogens (tertiary/aromatic N) is 3. The van der Waals surface area contributed by atoms with Crippen molar-refractivity contribution >= 4 is 45.0 Å². The average Bonchev–Trinajstić information content (AvgIpc) is 2.86. The molecule has 2 aromatic carbocycles. The maximum Gasteiger partial charge on any atom is 0.251 e. The molecule has 3 heterocycles. The van der Waals surface area contributed by atoms with Crippen molar-refractivity contribution < 1.29 is 9.90 Å². The van der Waals surface area contributed by atoms with Crippen molar-refractivity contribution in [2.24, 2.45) is 0 Å². The van der Waals surface area contributed by atoms with Gasteiger partial charge >= 0.3 is 0 Å². The molecule has 0 spiro atoms. The summed E-state index contributed by atoms with van der Waals surface area (Å²) in [7, 11) is 0. The van der Waals surface area contributed by atoms with Crippen LogP contribution in [0.1, 0.15) is 46.6 Å². The Morgan fingerprint density at radius 3 is 2.57 bits per heavy atom. The lowest BCUT2D eigenvalue weighted by atomic mass is 9.92. The van der Waals surface area contributed by atoms with E-state index < -0.39 is 5.60 Å². The van der Waals surface area contributed by atoms with E-state index in [2.05, 4.69) is 20.3 Å². The van der Waals surface area contributed by atoms with Crippen LogP contribution < -0.4 is 11.1 Å². The normalized spacial score (nSPS) is 11.7. The Labute approximate surface area is 219 Å². The van der Waals surface area contributed by atoms with Crippen LogP contribution in [-0.2, 0) is 18.6 Å². The number of amides is 1. The van der Waals surface area contributed by atoms with Crippen LogP contribution in [0.3, 0.4) is 0 Å². The lowest BCUT2D eigenvalue weighted by Gasteiger charge is -2.21. The van der Waals surface area contributed by atoms with Gasteiger partial charge in [-0.25, -0.2) is 4.98 Å². The Kier molecular flexibility index (Phi) is 6.50. The van der Waals surface area contributed by atoms with Gasteiger partial charge in [-0.3, -0.25) is 14.8 Å². The molecule has 8 heteroatoms. The second kappa shape index (κ2) is 9.76. The van der Waals surface area contributed by atoms with Crippen LogP contribution in [0.5, 0.6) is 0 Å². The minimum absolute atomic E-state index is 0.190. The summed E-state index contributed by atoms with van der Waals surface area (Å²) in [6.45, 7) is 3.83. The van der Waals surface area contributed by atoms with E-state index in [1.165, 1.54) is 0 Å². The van der Waals surface area contributed by atoms with Crippen molar-refractivity contribution in [2.75, 3.05) is 5.73 Å². The van der Waals surface area contributed by atoms with E-state index in [0.29, 0.717) is 40.4 Å². The first-order valence-electron chi connectivity index (χ1n) is 11.8. The van der Waals surface area contributed by atoms with Gasteiger partial charge in [-0.15, -0.1) is 0 Å². The molecule has 0 fully saturated rings. The number of aromatic nitrogens is 3. The molecule has 0 saturated carbocycles. The molecule has 5 aromatic rings. The zero-order chi connectivity index (χ0) is 26.2. The molecule has 0 aliphatic rings. The summed E-state index contributed by atoms with van der Waals surface area (Å²) in [6, 6.07) is 17.0. The third-order valence-electron chi connectivity index (χ3n) is 6.25. The predicted octanol–water partition coefficient (Wildman–Crippen LogP) is 5.16. The molecular weight excluding hydrogens is 486 g/mol. The highest BCUT2D eigenvalue weighted by molar-refractivity contribution is 6.31. The van der Waals surface area contributed by atoms with Gasteiger partial charge in [0, 0.05) is 59.1 Å². The molecule has 0 saturated heterocycles. The standard InChI is InChI=1S/C29H26ClN5O2/c1-29(2,37)25-12-18(10-21-13-22(30)16-34-26(21)25)11-23-14-20(6-7-32-23)28(36)35-15-17-3-4-24-19(9-17)5-8-33-27(24)31/h3-10,12-14,16,37H,11,15H2,1-2H3,(H2,31,33)(H,35,36). The third kappa shape index (κ3) is 5.38. The van der Waals surface area contributed by atoms with E-state index in [9.17, 15) is 9.90 Å². The zero-order valence-electron chi connectivity index (χ0n) is 20.5. The number of rotatable bonds is 6. The van der Waals surface area contributed by atoms with Gasteiger partial charge in [-0.1, -0.05) is 29.8 Å². The summed E-state index contributed by atoms with van der Waals surface area (Å²) >= 11 is 6.17. The Hall–Kier alpha value is -4.07. The number of hydrogen-bond acceptors (Lipinski definition) is 6. The summed E-state index contributed by atoms with van der Waals surface area (Å²) in [5.41, 5.74) is 9.40. The van der Waals surface area contributed by atoms with Gasteiger partial charge in [0.25, 0.3) is 5.91 Å². The number of anilines is 1. The Morgan fingerprint density at radius 1 is 0.973 bits per heavy atom. The van der Waals surface area contributed by atoms with Crippen LogP contribution in [0.25, 0.3) is 21.7 Å². The number of benzene rings is 2. The summed E-state index contributed by atoms with van der Waals surface area (Å²) in [4.78, 5) is 25.9. The van der Waals surface area contributed by atoms with Crippen LogP contribution in [0, 0.1) is 0 Å². The van der Waals surface area contributed by atoms with Crippen molar-refractivity contribution in [1.29, 1.82) is 0 Å². The maximum absolute atomic E-state index is 12.9. The molecule has 186 valence electrons. The van der Waals surface area contributed by atoms with Crippen LogP contribution in [0.15, 0.2) is 73.2 Å². The molecule has 0 aliphatic heterocycles. The van der Waals surface area contributed by atoms with Crippen LogP contribution in [-0.4, -0.2) is 26.0 Å². The number of halogens is 1. The van der Waals surface area contributed by atoms with Gasteiger partial charge in [-0.05, 0) is 66.8 Å². The molecule has 5 rings (SSSR count). The van der Waals surface area contributed by atoms with Crippen molar-refractivity contribution in [3.63, 3.8) is 0 Å². The lowest BCUT2D eigenvalue weighted by molar-refractivity contribution is 0.0799. The van der Waals surface area contributed by atoms with Gasteiger partial charge in [-0.2, -0.15) is 0 Å². The van der Waals surface area contributed by atoms with E-state index in [4.69, 9.17) is 17.3 Å². The molecule has 37 heavy (non-hydrogen) atoms. The van der Waals surface area contributed by atoms with Crippen molar-refractivity contribution in [1.82, 2.24) is 20.3 Å². The Morgan fingerprint density at radius 2 is 1.76 bits per heavy atom. The van der Waals surface area contributed by atoms with Gasteiger partial charge in [0.1, 0.15) is 5.82 Å². The van der Waals surface area contributed by atoms with Gasteiger partial charge in [0.2, 0.25) is 0 Å². The number of hydrogen-bond donors (Lipinski definition) is 3. The quantitative estimate of drug-likeness (QED) is 0.290. The van der Waals surface area contributed by atoms with E-state index in [0.717, 1.165) is 33.0 Å². The number of carbonyl (C=O) groups excluding carboxylic acids is 1. The Balaban J connectivity index is 1.35. The van der Waals surface area contributed by atoms with Gasteiger partial charge in [0.15, 0.2) is 0 Å². The fourth-order valence-corrected chi connectivity index (χ4v) is 4.59. The molecule has 0 bridgehead atoms. The molecule has 1 amide bonds. The minimum Gasteiger partial charge on any atom is -0.386 e. The van der Waals surface area contributed by atoms with E-state index in [1.807, 2.05) is 42.5 Å². The SMILES string of the molecule is CC(C)(O)c1cc(Cc2cc(C(=O)NCc3ccc4c(N)nccc4c3)ccn2)cc2cc(Cl)cnc12. The van der Waals surface area contributed by atoms with Crippen molar-refractivity contribution in [2.45, 2.75) is 32.4 Å². The number of nitrogens with two attached hydrogens (primary N) is 1. The highest BCUT2D eigenvalue weighted by Crippen LogP contribution is 2.30. The van der Waals surface area contributed by atoms with Gasteiger partial charge in [0.05, 0.1) is 16.1 Å². The van der Waals surface area contributed by atoms with Crippen LogP contribution in [0.4, 0.5) is 5.82 Å². The number of nitrogen functional groups attached to an aromatic ring is 1. The van der Waals surface area contributed by atoms with Gasteiger partial charge < -0.3 is 16.2 Å². The first-order valence-corrected chi connectivity index (χ1v) is 12.2. The summed E-state index contributed by atoms with van der Waals surface area (Å²) < 4.78 is 0. The number of pyridine rings is 3. The number of aliphatic hydroxyl groups is 1. The minimum atomic E-state index is -1.09. The van der Waals surface area contributed by atoms with Crippen LogP contribution >= 0.6 is 11.6 Å². The highest BCUT2D eigenvalue weighted by Gasteiger charge is 2.21. The lowest BCUT2D eigenvalue weighted by Crippen LogP contribution is -2.23. The fraction of sp³-hybridized carbons (Fsp3) is 0.172. The topological polar surface area (TPSA) is 114 Å². The van der Waals surface area contributed by atoms with E-state index in [-0.39, 0.29) is 5.91 Å². The molecule has 4 N–H and O–H groups in total. The molecule has 7 nitrogen and oxygen atoms in total. The first kappa shape index (κ1) is 24.6. The molecule has 3 aromatic heterocycles. The van der Waals surface area contributed by atoms with Crippen molar-refractivity contribution in [3.8, 4) is 0 Å². The second-order valence-electron chi connectivity index (χ2n) is 9.57. The largest absolute Gasteiger partial charge is 0.386 e. The summed E-state index contributed by atoms with van der Waals surface area (Å²) in [5.74, 6) is 0.294. The van der Waals surface area contributed by atoms with Crippen LogP contribution in [0.2, 0.25) is 5.02 Å². The Bertz CT molecular complexity index is 1650. The molecular formula is C29H26ClN5O2. The molecule has 0 aliphatic carbocycles. The maximum atomic E-state index is 12.9. The number of nitrogens with one attached hydrogen (secondary N) is 1. The van der Waals surface area contributed by atoms with E-state index in [1.54, 1.807) is 44.6 Å². The first-order chi connectivity index (χ1) is 17.7. The summed E-state index contributed by atoms with van der Waals surface area (Å²) in [6.07, 6.45) is 5.36. The summed E-state index contributed by atoms with van der Waals surface area (Å²) in [5, 5.41) is 16.9. The average molecular weight is 512 g/mol. The van der Waals surface area contributed by atoms with Crippen molar-refractivity contribution in [3.05, 3.63) is 106 Å². The zero-order valence-corrected chi connectivity index (χ0v) is 21.3. The number of carbonyl (C=O) groups is 1. The molecule has 0 atom stereocenters. The third-order valence-corrected chi connectivity index (χ3v) is 6.45. The predicted molar refractivity (Wildman–Crippen MR) is 146 cm³/mol. The smallest absolute Gasteiger partial charge is 0.251 e.